The predicted molar refractivity (Wildman–Crippen MR) is 219 cm³/mol. The quantitative estimate of drug-likeness (QED) is 0.0264. The van der Waals surface area contributed by atoms with Gasteiger partial charge in [-0.05, 0) is 109 Å². The smallest absolute Gasteiger partial charge is 0.338 e. The molecule has 9 nitrogen and oxygen atoms in total. The first-order chi connectivity index (χ1) is 27.5. The number of nitrogens with zero attached hydrogens (tertiary/aromatic N) is 2. The molecular weight excluding hydrogens is 705 g/mol. The van der Waals surface area contributed by atoms with Gasteiger partial charge in [0.2, 0.25) is 0 Å². The van der Waals surface area contributed by atoms with Crippen molar-refractivity contribution in [2.45, 2.75) is 70.6 Å². The Balaban J connectivity index is 0.840. The van der Waals surface area contributed by atoms with Crippen LogP contribution in [0.5, 0.6) is 17.2 Å². The molecule has 0 fully saturated rings. The monoisotopic (exact) mass is 754 g/mol. The fraction of sp³-hybridized carbons (Fsp3) is 0.319. The maximum Gasteiger partial charge on any atom is 0.338 e. The van der Waals surface area contributed by atoms with E-state index < -0.39 is 4.92 Å². The average molecular weight is 755 g/mol. The molecule has 5 rings (SSSR count). The minimum absolute atomic E-state index is 0.0431. The molecule has 0 aliphatic carbocycles. The zero-order valence-corrected chi connectivity index (χ0v) is 31.9. The molecule has 0 unspecified atom stereocenters. The molecule has 5 aromatic rings. The molecule has 0 saturated heterocycles. The number of benzene rings is 5. The van der Waals surface area contributed by atoms with E-state index in [1.807, 2.05) is 84.9 Å². The highest BCUT2D eigenvalue weighted by molar-refractivity contribution is 5.90. The van der Waals surface area contributed by atoms with Gasteiger partial charge in [-0.25, -0.2) is 4.79 Å². The van der Waals surface area contributed by atoms with Crippen LogP contribution >= 0.6 is 0 Å². The van der Waals surface area contributed by atoms with Crippen LogP contribution in [-0.2, 0) is 4.74 Å². The highest BCUT2D eigenvalue weighted by Gasteiger charge is 2.09. The Morgan fingerprint density at radius 2 is 0.821 bits per heavy atom. The van der Waals surface area contributed by atoms with Gasteiger partial charge in [-0.15, -0.1) is 0 Å². The number of nitriles is 1. The molecule has 56 heavy (non-hydrogen) atoms. The molecule has 0 spiro atoms. The predicted octanol–water partition coefficient (Wildman–Crippen LogP) is 11.8. The van der Waals surface area contributed by atoms with Crippen molar-refractivity contribution in [3.63, 3.8) is 0 Å². The van der Waals surface area contributed by atoms with Crippen LogP contribution in [0.2, 0.25) is 0 Å². The van der Waals surface area contributed by atoms with E-state index in [2.05, 4.69) is 18.2 Å². The van der Waals surface area contributed by atoms with E-state index in [1.165, 1.54) is 37.8 Å². The van der Waals surface area contributed by atoms with Gasteiger partial charge >= 0.3 is 5.97 Å². The normalized spacial score (nSPS) is 10.7. The lowest BCUT2D eigenvalue weighted by Crippen LogP contribution is -2.06. The third-order valence-electron chi connectivity index (χ3n) is 9.42. The summed E-state index contributed by atoms with van der Waals surface area (Å²) in [6, 6.07) is 39.3. The molecule has 0 amide bonds. The highest BCUT2D eigenvalue weighted by atomic mass is 16.6. The molecule has 5 aromatic carbocycles. The van der Waals surface area contributed by atoms with E-state index in [-0.39, 0.29) is 11.7 Å². The van der Waals surface area contributed by atoms with Crippen LogP contribution < -0.4 is 14.2 Å². The third kappa shape index (κ3) is 13.9. The van der Waals surface area contributed by atoms with Crippen molar-refractivity contribution < 1.29 is 28.7 Å². The van der Waals surface area contributed by atoms with Crippen LogP contribution in [0.1, 0.15) is 86.6 Å². The van der Waals surface area contributed by atoms with E-state index in [1.54, 1.807) is 12.1 Å². The largest absolute Gasteiger partial charge is 0.494 e. The number of rotatable bonds is 24. The zero-order chi connectivity index (χ0) is 39.2. The van der Waals surface area contributed by atoms with Crippen LogP contribution in [0.4, 0.5) is 5.69 Å². The van der Waals surface area contributed by atoms with E-state index in [9.17, 15) is 14.9 Å². The summed E-state index contributed by atoms with van der Waals surface area (Å²) < 4.78 is 23.0. The number of esters is 1. The number of non-ortho nitro benzene ring substituents is 1. The summed E-state index contributed by atoms with van der Waals surface area (Å²) in [5.74, 6) is 1.98. The van der Waals surface area contributed by atoms with Crippen molar-refractivity contribution in [3.8, 4) is 45.6 Å². The van der Waals surface area contributed by atoms with Gasteiger partial charge in [0.15, 0.2) is 0 Å². The fourth-order valence-corrected chi connectivity index (χ4v) is 6.15. The summed E-state index contributed by atoms with van der Waals surface area (Å²) >= 11 is 0. The van der Waals surface area contributed by atoms with Gasteiger partial charge in [0.1, 0.15) is 17.2 Å². The van der Waals surface area contributed by atoms with Gasteiger partial charge in [-0.3, -0.25) is 10.1 Å². The minimum atomic E-state index is -0.431. The lowest BCUT2D eigenvalue weighted by Gasteiger charge is -2.09. The molecule has 0 aliphatic heterocycles. The molecule has 0 aromatic heterocycles. The first kappa shape index (κ1) is 41.0. The minimum Gasteiger partial charge on any atom is -0.494 e. The van der Waals surface area contributed by atoms with E-state index >= 15 is 0 Å². The Bertz CT molecular complexity index is 1950. The summed E-state index contributed by atoms with van der Waals surface area (Å²) in [6.07, 6.45) is 11.8. The van der Waals surface area contributed by atoms with Crippen molar-refractivity contribution >= 4 is 11.7 Å². The van der Waals surface area contributed by atoms with Gasteiger partial charge in [-0.2, -0.15) is 5.26 Å². The van der Waals surface area contributed by atoms with Crippen LogP contribution in [0.3, 0.4) is 0 Å². The first-order valence-electron chi connectivity index (χ1n) is 19.6. The Morgan fingerprint density at radius 3 is 1.23 bits per heavy atom. The molecule has 0 N–H and O–H groups in total. The van der Waals surface area contributed by atoms with E-state index in [4.69, 9.17) is 24.2 Å². The Hall–Kier alpha value is -6.14. The van der Waals surface area contributed by atoms with Gasteiger partial charge in [0.25, 0.3) is 5.69 Å². The lowest BCUT2D eigenvalue weighted by atomic mass is 10.0. The Morgan fingerprint density at radius 1 is 0.482 bits per heavy atom. The van der Waals surface area contributed by atoms with Crippen molar-refractivity contribution in [2.75, 3.05) is 26.4 Å². The van der Waals surface area contributed by atoms with Crippen LogP contribution in [-0.4, -0.2) is 37.3 Å². The standard InChI is InChI=1S/C47H50N2O7/c48-36-37-12-14-38(15-13-37)40-20-26-44(27-21-40)53-32-8-6-4-2-1-3-5-7-9-35-56-47(50)42-18-16-39(17-19-42)41-22-28-45(29-23-41)54-33-10-11-34-55-46-30-24-43(25-31-46)49(51)52/h12-31H,1-11,32-35H2. The lowest BCUT2D eigenvalue weighted by molar-refractivity contribution is -0.384. The van der Waals surface area contributed by atoms with E-state index in [0.29, 0.717) is 36.7 Å². The number of ether oxygens (including phenoxy) is 4. The Labute approximate surface area is 330 Å². The maximum atomic E-state index is 12.6. The number of carbonyl (C=O) groups is 1. The van der Waals surface area contributed by atoms with Crippen molar-refractivity contribution in [2.24, 2.45) is 0 Å². The van der Waals surface area contributed by atoms with Gasteiger partial charge in [0.05, 0.1) is 48.5 Å². The molecule has 0 aliphatic rings. The van der Waals surface area contributed by atoms with Crippen LogP contribution in [0, 0.1) is 21.4 Å². The van der Waals surface area contributed by atoms with Crippen molar-refractivity contribution in [1.29, 1.82) is 5.26 Å². The summed E-state index contributed by atoms with van der Waals surface area (Å²) in [7, 11) is 0. The highest BCUT2D eigenvalue weighted by Crippen LogP contribution is 2.25. The molecule has 290 valence electrons. The molecule has 0 radical (unpaired) electrons. The molecule has 0 heterocycles. The van der Waals surface area contributed by atoms with Gasteiger partial charge in [0, 0.05) is 12.1 Å². The maximum absolute atomic E-state index is 12.6. The number of nitro benzene ring substituents is 1. The van der Waals surface area contributed by atoms with Crippen molar-refractivity contribution in [3.05, 3.63) is 143 Å². The molecular formula is C47H50N2O7. The second-order valence-corrected chi connectivity index (χ2v) is 13.6. The molecule has 0 atom stereocenters. The topological polar surface area (TPSA) is 121 Å². The van der Waals surface area contributed by atoms with Gasteiger partial charge in [-0.1, -0.05) is 93.5 Å². The van der Waals surface area contributed by atoms with Crippen molar-refractivity contribution in [1.82, 2.24) is 0 Å². The number of unbranched alkanes of at least 4 members (excludes halogenated alkanes) is 9. The third-order valence-corrected chi connectivity index (χ3v) is 9.42. The molecule has 0 bridgehead atoms. The average Bonchev–Trinajstić information content (AvgIpc) is 3.24. The van der Waals surface area contributed by atoms with Crippen LogP contribution in [0.15, 0.2) is 121 Å². The SMILES string of the molecule is N#Cc1ccc(-c2ccc(OCCCCCCCCCCCOC(=O)c3ccc(-c4ccc(OCCCCOc5ccc([N+](=O)[O-])cc5)cc4)cc3)cc2)cc1. The Kier molecular flexibility index (Phi) is 16.8. The number of hydrogen-bond acceptors (Lipinski definition) is 8. The molecule has 0 saturated carbocycles. The summed E-state index contributed by atoms with van der Waals surface area (Å²) in [4.78, 5) is 22.9. The number of hydrogen-bond donors (Lipinski definition) is 0. The summed E-state index contributed by atoms with van der Waals surface area (Å²) in [5, 5.41) is 19.7. The van der Waals surface area contributed by atoms with Crippen LogP contribution in [0.25, 0.3) is 22.3 Å². The zero-order valence-electron chi connectivity index (χ0n) is 31.9. The second kappa shape index (κ2) is 22.9. The van der Waals surface area contributed by atoms with E-state index in [0.717, 1.165) is 85.3 Å². The van der Waals surface area contributed by atoms with Gasteiger partial charge < -0.3 is 18.9 Å². The second-order valence-electron chi connectivity index (χ2n) is 13.6. The fourth-order valence-electron chi connectivity index (χ4n) is 6.15. The summed E-state index contributed by atoms with van der Waals surface area (Å²) in [5.41, 5.74) is 5.49. The summed E-state index contributed by atoms with van der Waals surface area (Å²) in [6.45, 7) is 2.22. The first-order valence-corrected chi connectivity index (χ1v) is 19.6. The molecule has 9 heteroatoms. The number of nitro groups is 1. The number of carbonyl (C=O) groups excluding carboxylic acids is 1.